The van der Waals surface area contributed by atoms with Gasteiger partial charge < -0.3 is 0 Å². The van der Waals surface area contributed by atoms with Gasteiger partial charge in [-0.25, -0.2) is 13.4 Å². The van der Waals surface area contributed by atoms with Gasteiger partial charge in [-0.15, -0.1) is 0 Å². The maximum absolute atomic E-state index is 12.3. The average Bonchev–Trinajstić information content (AvgIpc) is 2.88. The number of anilines is 1. The summed E-state index contributed by atoms with van der Waals surface area (Å²) >= 11 is 13.1. The molecule has 2 aromatic carbocycles. The van der Waals surface area contributed by atoms with E-state index in [1.807, 2.05) is 13.0 Å². The molecule has 0 saturated heterocycles. The predicted molar refractivity (Wildman–Crippen MR) is 91.6 cm³/mol. The van der Waals surface area contributed by atoms with Crippen LogP contribution in [0.4, 0.5) is 5.13 Å². The molecule has 114 valence electrons. The van der Waals surface area contributed by atoms with E-state index in [0.29, 0.717) is 15.6 Å². The van der Waals surface area contributed by atoms with Crippen LogP contribution in [0.5, 0.6) is 0 Å². The van der Waals surface area contributed by atoms with E-state index in [4.69, 9.17) is 23.2 Å². The molecule has 0 aliphatic carbocycles. The molecule has 0 atom stereocenters. The largest absolute Gasteiger partial charge is 0.263 e. The van der Waals surface area contributed by atoms with Crippen molar-refractivity contribution in [2.45, 2.75) is 11.8 Å². The molecule has 0 aliphatic rings. The maximum Gasteiger partial charge on any atom is 0.263 e. The van der Waals surface area contributed by atoms with Crippen LogP contribution in [-0.4, -0.2) is 13.4 Å². The number of halogens is 2. The molecule has 1 N–H and O–H groups in total. The molecule has 0 bridgehead atoms. The zero-order valence-electron chi connectivity index (χ0n) is 11.3. The highest BCUT2D eigenvalue weighted by molar-refractivity contribution is 7.93. The molecule has 3 aromatic rings. The van der Waals surface area contributed by atoms with Gasteiger partial charge in [-0.1, -0.05) is 40.6 Å². The van der Waals surface area contributed by atoms with Gasteiger partial charge >= 0.3 is 0 Å². The van der Waals surface area contributed by atoms with Crippen LogP contribution in [0.2, 0.25) is 10.0 Å². The summed E-state index contributed by atoms with van der Waals surface area (Å²) in [5.41, 5.74) is 1.64. The Kier molecular flexibility index (Phi) is 4.03. The summed E-state index contributed by atoms with van der Waals surface area (Å²) in [6, 6.07) is 9.55. The first-order chi connectivity index (χ1) is 10.4. The van der Waals surface area contributed by atoms with Crippen LogP contribution in [0.25, 0.3) is 10.2 Å². The molecule has 8 heteroatoms. The minimum atomic E-state index is -3.71. The Morgan fingerprint density at radius 2 is 1.77 bits per heavy atom. The monoisotopic (exact) mass is 372 g/mol. The average molecular weight is 373 g/mol. The lowest BCUT2D eigenvalue weighted by Crippen LogP contribution is -2.12. The van der Waals surface area contributed by atoms with Crippen molar-refractivity contribution in [3.8, 4) is 0 Å². The minimum absolute atomic E-state index is 0.124. The number of aryl methyl sites for hydroxylation is 1. The molecule has 3 rings (SSSR count). The standard InChI is InChI=1S/C14H10Cl2N2O2S2/c1-8-2-7-11(16)13-12(8)17-14(21-13)18-22(19,20)10-5-3-9(15)4-6-10/h2-7H,1H3,(H,17,18). The Bertz CT molecular complexity index is 912. The zero-order valence-corrected chi connectivity index (χ0v) is 14.4. The van der Waals surface area contributed by atoms with Crippen LogP contribution in [0, 0.1) is 6.92 Å². The van der Waals surface area contributed by atoms with Crippen molar-refractivity contribution in [1.29, 1.82) is 0 Å². The van der Waals surface area contributed by atoms with Gasteiger partial charge in [0.1, 0.15) is 0 Å². The second-order valence-electron chi connectivity index (χ2n) is 4.62. The van der Waals surface area contributed by atoms with Crippen molar-refractivity contribution in [2.24, 2.45) is 0 Å². The summed E-state index contributed by atoms with van der Waals surface area (Å²) in [7, 11) is -3.71. The van der Waals surface area contributed by atoms with Crippen molar-refractivity contribution in [2.75, 3.05) is 4.72 Å². The molecule has 0 aliphatic heterocycles. The fourth-order valence-corrected chi connectivity index (χ4v) is 4.51. The Hall–Kier alpha value is -1.34. The lowest BCUT2D eigenvalue weighted by Gasteiger charge is -2.04. The number of rotatable bonds is 3. The molecule has 1 aromatic heterocycles. The third-order valence-corrected chi connectivity index (χ3v) is 6.21. The molecule has 4 nitrogen and oxygen atoms in total. The molecule has 0 amide bonds. The molecule has 0 saturated carbocycles. The van der Waals surface area contributed by atoms with Crippen molar-refractivity contribution >= 4 is 59.9 Å². The molecular weight excluding hydrogens is 363 g/mol. The molecule has 22 heavy (non-hydrogen) atoms. The normalized spacial score (nSPS) is 11.8. The lowest BCUT2D eigenvalue weighted by molar-refractivity contribution is 0.601. The number of sulfonamides is 1. The van der Waals surface area contributed by atoms with E-state index in [1.165, 1.54) is 35.6 Å². The number of hydrogen-bond donors (Lipinski definition) is 1. The van der Waals surface area contributed by atoms with Crippen LogP contribution in [0.3, 0.4) is 0 Å². The zero-order chi connectivity index (χ0) is 15.9. The summed E-state index contributed by atoms with van der Waals surface area (Å²) in [5.74, 6) is 0. The van der Waals surface area contributed by atoms with Gasteiger partial charge in [0, 0.05) is 5.02 Å². The van der Waals surface area contributed by atoms with Crippen LogP contribution in [0.1, 0.15) is 5.56 Å². The van der Waals surface area contributed by atoms with Crippen molar-refractivity contribution in [3.63, 3.8) is 0 Å². The highest BCUT2D eigenvalue weighted by Crippen LogP contribution is 2.34. The number of nitrogens with zero attached hydrogens (tertiary/aromatic N) is 1. The first kappa shape index (κ1) is 15.6. The fourth-order valence-electron chi connectivity index (χ4n) is 1.93. The Balaban J connectivity index is 2.00. The number of thiazole rings is 1. The summed E-state index contributed by atoms with van der Waals surface area (Å²) in [4.78, 5) is 4.44. The van der Waals surface area contributed by atoms with Crippen LogP contribution in [0.15, 0.2) is 41.3 Å². The number of hydrogen-bond acceptors (Lipinski definition) is 4. The highest BCUT2D eigenvalue weighted by Gasteiger charge is 2.17. The fraction of sp³-hybridized carbons (Fsp3) is 0.0714. The second kappa shape index (κ2) is 5.70. The summed E-state index contributed by atoms with van der Waals surface area (Å²) in [6.45, 7) is 1.90. The van der Waals surface area contributed by atoms with Crippen molar-refractivity contribution in [1.82, 2.24) is 4.98 Å². The third kappa shape index (κ3) is 2.92. The van der Waals surface area contributed by atoms with Gasteiger partial charge in [0.25, 0.3) is 10.0 Å². The van der Waals surface area contributed by atoms with Gasteiger partial charge in [-0.05, 0) is 42.8 Å². The third-order valence-electron chi connectivity index (χ3n) is 3.04. The Morgan fingerprint density at radius 3 is 2.41 bits per heavy atom. The lowest BCUT2D eigenvalue weighted by atomic mass is 10.2. The minimum Gasteiger partial charge on any atom is -0.255 e. The molecule has 0 unspecified atom stereocenters. The smallest absolute Gasteiger partial charge is 0.255 e. The molecule has 0 fully saturated rings. The molecule has 0 spiro atoms. The van der Waals surface area contributed by atoms with Gasteiger partial charge in [0.2, 0.25) is 0 Å². The molecule has 0 radical (unpaired) electrons. The number of benzene rings is 2. The van der Waals surface area contributed by atoms with Crippen LogP contribution in [-0.2, 0) is 10.0 Å². The summed E-state index contributed by atoms with van der Waals surface area (Å²) in [6.07, 6.45) is 0. The number of fused-ring (bicyclic) bond motifs is 1. The number of aromatic nitrogens is 1. The van der Waals surface area contributed by atoms with Crippen LogP contribution >= 0.6 is 34.5 Å². The van der Waals surface area contributed by atoms with E-state index in [9.17, 15) is 8.42 Å². The SMILES string of the molecule is Cc1ccc(Cl)c2sc(NS(=O)(=O)c3ccc(Cl)cc3)nc12. The van der Waals surface area contributed by atoms with E-state index in [1.54, 1.807) is 6.07 Å². The molecular formula is C14H10Cl2N2O2S2. The van der Waals surface area contributed by atoms with Crippen LogP contribution < -0.4 is 4.72 Å². The van der Waals surface area contributed by atoms with E-state index >= 15 is 0 Å². The van der Waals surface area contributed by atoms with Gasteiger partial charge in [-0.2, -0.15) is 0 Å². The van der Waals surface area contributed by atoms with Gasteiger partial charge in [0.15, 0.2) is 5.13 Å². The van der Waals surface area contributed by atoms with E-state index in [0.717, 1.165) is 10.3 Å². The first-order valence-corrected chi connectivity index (χ1v) is 9.26. The number of nitrogens with one attached hydrogen (secondary N) is 1. The van der Waals surface area contributed by atoms with E-state index < -0.39 is 10.0 Å². The Morgan fingerprint density at radius 1 is 1.09 bits per heavy atom. The van der Waals surface area contributed by atoms with Gasteiger partial charge in [0.05, 0.1) is 20.1 Å². The first-order valence-electron chi connectivity index (χ1n) is 6.21. The summed E-state index contributed by atoms with van der Waals surface area (Å²) < 4.78 is 27.9. The Labute approximate surface area is 141 Å². The van der Waals surface area contributed by atoms with Crippen molar-refractivity contribution < 1.29 is 8.42 Å². The maximum atomic E-state index is 12.3. The topological polar surface area (TPSA) is 59.1 Å². The predicted octanol–water partition coefficient (Wildman–Crippen LogP) is 4.71. The second-order valence-corrected chi connectivity index (χ2v) is 8.15. The molecule has 1 heterocycles. The summed E-state index contributed by atoms with van der Waals surface area (Å²) in [5, 5.41) is 1.30. The highest BCUT2D eigenvalue weighted by atomic mass is 35.5. The van der Waals surface area contributed by atoms with E-state index in [2.05, 4.69) is 9.71 Å². The quantitative estimate of drug-likeness (QED) is 0.723. The van der Waals surface area contributed by atoms with Gasteiger partial charge in [-0.3, -0.25) is 4.72 Å². The van der Waals surface area contributed by atoms with E-state index in [-0.39, 0.29) is 10.0 Å². The van der Waals surface area contributed by atoms with Crippen molar-refractivity contribution in [3.05, 3.63) is 52.0 Å².